The van der Waals surface area contributed by atoms with Gasteiger partial charge in [0.15, 0.2) is 0 Å². The molecule has 2 amide bonds. The largest absolute Gasteiger partial charge is 0.491 e. The van der Waals surface area contributed by atoms with E-state index in [2.05, 4.69) is 17.6 Å². The Morgan fingerprint density at radius 1 is 1.18 bits per heavy atom. The zero-order chi connectivity index (χ0) is 15.4. The van der Waals surface area contributed by atoms with Gasteiger partial charge in [0.2, 0.25) is 0 Å². The number of para-hydroxylation sites is 2. The van der Waals surface area contributed by atoms with Gasteiger partial charge in [0.05, 0.1) is 6.04 Å². The van der Waals surface area contributed by atoms with Crippen LogP contribution >= 0.6 is 0 Å². The highest BCUT2D eigenvalue weighted by molar-refractivity contribution is 5.90. The summed E-state index contributed by atoms with van der Waals surface area (Å²) >= 11 is 0. The number of carbonyl (C=O) groups is 1. The monoisotopic (exact) mass is 296 g/mol. The molecule has 2 aromatic carbocycles. The van der Waals surface area contributed by atoms with Gasteiger partial charge in [-0.15, -0.1) is 0 Å². The molecule has 0 saturated carbocycles. The summed E-state index contributed by atoms with van der Waals surface area (Å²) in [6.07, 6.45) is 1.68. The van der Waals surface area contributed by atoms with Crippen LogP contribution in [0.2, 0.25) is 0 Å². The van der Waals surface area contributed by atoms with Crippen molar-refractivity contribution in [2.24, 2.45) is 0 Å². The van der Waals surface area contributed by atoms with Crippen LogP contribution in [0.1, 0.15) is 18.1 Å². The molecular weight excluding hydrogens is 276 g/mol. The summed E-state index contributed by atoms with van der Waals surface area (Å²) in [7, 11) is 0. The number of aryl methyl sites for hydroxylation is 1. The van der Waals surface area contributed by atoms with Crippen molar-refractivity contribution < 1.29 is 9.53 Å². The summed E-state index contributed by atoms with van der Waals surface area (Å²) in [5.74, 6) is 0.914. The SMILES string of the molecule is CCc1ccccc1NC(=O)N[C@@H]1COc2ccccc2C1. The minimum atomic E-state index is -0.186. The predicted molar refractivity (Wildman–Crippen MR) is 87.4 cm³/mol. The minimum Gasteiger partial charge on any atom is -0.491 e. The number of benzene rings is 2. The summed E-state index contributed by atoms with van der Waals surface area (Å²) in [4.78, 5) is 12.2. The number of carbonyl (C=O) groups excluding carboxylic acids is 1. The van der Waals surface area contributed by atoms with E-state index in [0.717, 1.165) is 35.4 Å². The fourth-order valence-corrected chi connectivity index (χ4v) is 2.72. The molecule has 0 fully saturated rings. The molecule has 2 aromatic rings. The molecule has 1 aliphatic rings. The quantitative estimate of drug-likeness (QED) is 0.912. The molecule has 4 nitrogen and oxygen atoms in total. The first kappa shape index (κ1) is 14.4. The lowest BCUT2D eigenvalue weighted by atomic mass is 10.0. The van der Waals surface area contributed by atoms with E-state index in [9.17, 15) is 4.79 Å². The molecule has 3 rings (SSSR count). The van der Waals surface area contributed by atoms with Gasteiger partial charge in [0.1, 0.15) is 12.4 Å². The summed E-state index contributed by atoms with van der Waals surface area (Å²) < 4.78 is 5.69. The van der Waals surface area contributed by atoms with Crippen molar-refractivity contribution in [1.82, 2.24) is 5.32 Å². The van der Waals surface area contributed by atoms with Gasteiger partial charge in [-0.2, -0.15) is 0 Å². The maximum Gasteiger partial charge on any atom is 0.319 e. The molecule has 0 radical (unpaired) electrons. The molecule has 0 saturated heterocycles. The van der Waals surface area contributed by atoms with E-state index >= 15 is 0 Å². The standard InChI is InChI=1S/C18H20N2O2/c1-2-13-7-3-5-9-16(13)20-18(21)19-15-11-14-8-4-6-10-17(14)22-12-15/h3-10,15H,2,11-12H2,1H3,(H2,19,20,21)/t15-/m0/s1. The summed E-state index contributed by atoms with van der Waals surface area (Å²) in [5, 5.41) is 5.91. The fraction of sp³-hybridized carbons (Fsp3) is 0.278. The molecule has 4 heteroatoms. The number of rotatable bonds is 3. The van der Waals surface area contributed by atoms with E-state index in [1.807, 2.05) is 48.5 Å². The highest BCUT2D eigenvalue weighted by Gasteiger charge is 2.21. The predicted octanol–water partition coefficient (Wildman–Crippen LogP) is 3.37. The maximum atomic E-state index is 12.2. The molecule has 0 aliphatic carbocycles. The van der Waals surface area contributed by atoms with Crippen LogP contribution in [0.25, 0.3) is 0 Å². The highest BCUT2D eigenvalue weighted by atomic mass is 16.5. The van der Waals surface area contributed by atoms with Crippen molar-refractivity contribution in [1.29, 1.82) is 0 Å². The van der Waals surface area contributed by atoms with Gasteiger partial charge in [-0.05, 0) is 36.1 Å². The lowest BCUT2D eigenvalue weighted by Crippen LogP contribution is -2.44. The Morgan fingerprint density at radius 2 is 1.95 bits per heavy atom. The van der Waals surface area contributed by atoms with Crippen molar-refractivity contribution in [2.45, 2.75) is 25.8 Å². The first-order chi connectivity index (χ1) is 10.8. The Bertz CT molecular complexity index is 670. The van der Waals surface area contributed by atoms with Gasteiger partial charge in [0, 0.05) is 5.69 Å². The van der Waals surface area contributed by atoms with Crippen molar-refractivity contribution in [3.8, 4) is 5.75 Å². The van der Waals surface area contributed by atoms with E-state index in [0.29, 0.717) is 6.61 Å². The van der Waals surface area contributed by atoms with Crippen molar-refractivity contribution in [3.63, 3.8) is 0 Å². The first-order valence-corrected chi connectivity index (χ1v) is 7.62. The van der Waals surface area contributed by atoms with Crippen LogP contribution in [0.4, 0.5) is 10.5 Å². The molecular formula is C18H20N2O2. The lowest BCUT2D eigenvalue weighted by Gasteiger charge is -2.26. The Balaban J connectivity index is 1.61. The Morgan fingerprint density at radius 3 is 2.82 bits per heavy atom. The van der Waals surface area contributed by atoms with Crippen LogP contribution in [-0.2, 0) is 12.8 Å². The molecule has 2 N–H and O–H groups in total. The third-order valence-corrected chi connectivity index (χ3v) is 3.86. The highest BCUT2D eigenvalue weighted by Crippen LogP contribution is 2.24. The lowest BCUT2D eigenvalue weighted by molar-refractivity contribution is 0.222. The normalized spacial score (nSPS) is 16.3. The van der Waals surface area contributed by atoms with Gasteiger partial charge in [-0.1, -0.05) is 43.3 Å². The van der Waals surface area contributed by atoms with Crippen LogP contribution < -0.4 is 15.4 Å². The number of hydrogen-bond donors (Lipinski definition) is 2. The summed E-state index contributed by atoms with van der Waals surface area (Å²) in [6, 6.07) is 15.6. The van der Waals surface area contributed by atoms with Crippen LogP contribution in [0.15, 0.2) is 48.5 Å². The smallest absolute Gasteiger partial charge is 0.319 e. The second kappa shape index (κ2) is 6.52. The van der Waals surface area contributed by atoms with Gasteiger partial charge in [-0.3, -0.25) is 0 Å². The summed E-state index contributed by atoms with van der Waals surface area (Å²) in [6.45, 7) is 2.57. The second-order valence-corrected chi connectivity index (χ2v) is 5.43. The average Bonchev–Trinajstić information content (AvgIpc) is 2.55. The van der Waals surface area contributed by atoms with Gasteiger partial charge in [0.25, 0.3) is 0 Å². The third kappa shape index (κ3) is 3.22. The summed E-state index contributed by atoms with van der Waals surface area (Å²) in [5.41, 5.74) is 3.12. The van der Waals surface area contributed by atoms with Crippen LogP contribution in [0, 0.1) is 0 Å². The number of nitrogens with one attached hydrogen (secondary N) is 2. The molecule has 1 heterocycles. The molecule has 0 aromatic heterocycles. The number of hydrogen-bond acceptors (Lipinski definition) is 2. The van der Waals surface area contributed by atoms with Crippen molar-refractivity contribution in [3.05, 3.63) is 59.7 Å². The minimum absolute atomic E-state index is 0.0105. The van der Waals surface area contributed by atoms with Crippen molar-refractivity contribution in [2.75, 3.05) is 11.9 Å². The molecule has 0 bridgehead atoms. The van der Waals surface area contributed by atoms with E-state index < -0.39 is 0 Å². The molecule has 114 valence electrons. The Hall–Kier alpha value is -2.49. The topological polar surface area (TPSA) is 50.4 Å². The Kier molecular flexibility index (Phi) is 4.28. The number of urea groups is 1. The maximum absolute atomic E-state index is 12.2. The van der Waals surface area contributed by atoms with E-state index in [1.54, 1.807) is 0 Å². The van der Waals surface area contributed by atoms with E-state index in [1.165, 1.54) is 0 Å². The van der Waals surface area contributed by atoms with E-state index in [-0.39, 0.29) is 12.1 Å². The molecule has 1 aliphatic heterocycles. The zero-order valence-corrected chi connectivity index (χ0v) is 12.6. The first-order valence-electron chi connectivity index (χ1n) is 7.62. The van der Waals surface area contributed by atoms with Gasteiger partial charge in [-0.25, -0.2) is 4.79 Å². The second-order valence-electron chi connectivity index (χ2n) is 5.43. The van der Waals surface area contributed by atoms with Gasteiger partial charge < -0.3 is 15.4 Å². The zero-order valence-electron chi connectivity index (χ0n) is 12.6. The van der Waals surface area contributed by atoms with Gasteiger partial charge >= 0.3 is 6.03 Å². The number of ether oxygens (including phenoxy) is 1. The fourth-order valence-electron chi connectivity index (χ4n) is 2.72. The molecule has 0 unspecified atom stereocenters. The molecule has 0 spiro atoms. The number of anilines is 1. The van der Waals surface area contributed by atoms with Crippen LogP contribution in [0.5, 0.6) is 5.75 Å². The van der Waals surface area contributed by atoms with Crippen LogP contribution in [-0.4, -0.2) is 18.7 Å². The third-order valence-electron chi connectivity index (χ3n) is 3.86. The number of amides is 2. The van der Waals surface area contributed by atoms with E-state index in [4.69, 9.17) is 4.74 Å². The molecule has 1 atom stereocenters. The average molecular weight is 296 g/mol. The van der Waals surface area contributed by atoms with Crippen LogP contribution in [0.3, 0.4) is 0 Å². The Labute approximate surface area is 130 Å². The molecule has 22 heavy (non-hydrogen) atoms. The number of fused-ring (bicyclic) bond motifs is 1. The van der Waals surface area contributed by atoms with Crippen molar-refractivity contribution >= 4 is 11.7 Å².